The molecule has 1 fully saturated rings. The molecule has 0 spiro atoms. The summed E-state index contributed by atoms with van der Waals surface area (Å²) in [7, 11) is 0. The summed E-state index contributed by atoms with van der Waals surface area (Å²) in [6.45, 7) is 8.44. The Morgan fingerprint density at radius 2 is 2.17 bits per heavy atom. The topological polar surface area (TPSA) is 32.3 Å². The standard InChI is InChI=1S/C14H19ClN2O/c1-10-4-5-11(8-12(10)15)13(18)17-7-6-16-14(2,3)9-17/h4-5,8,16H,6-7,9H2,1-3H3. The van der Waals surface area contributed by atoms with Crippen LogP contribution in [-0.4, -0.2) is 36.0 Å². The largest absolute Gasteiger partial charge is 0.336 e. The van der Waals surface area contributed by atoms with Crippen LogP contribution in [0.2, 0.25) is 5.02 Å². The fraction of sp³-hybridized carbons (Fsp3) is 0.500. The molecule has 0 radical (unpaired) electrons. The maximum Gasteiger partial charge on any atom is 0.254 e. The third-order valence-corrected chi connectivity index (χ3v) is 3.68. The van der Waals surface area contributed by atoms with Crippen LogP contribution in [0, 0.1) is 6.92 Å². The zero-order valence-electron chi connectivity index (χ0n) is 11.1. The summed E-state index contributed by atoms with van der Waals surface area (Å²) in [5.41, 5.74) is 1.64. The molecule has 3 nitrogen and oxygen atoms in total. The molecular formula is C14H19ClN2O. The zero-order valence-corrected chi connectivity index (χ0v) is 11.8. The van der Waals surface area contributed by atoms with E-state index in [9.17, 15) is 4.79 Å². The lowest BCUT2D eigenvalue weighted by molar-refractivity contribution is 0.0652. The zero-order chi connectivity index (χ0) is 13.3. The van der Waals surface area contributed by atoms with Gasteiger partial charge in [-0.1, -0.05) is 17.7 Å². The van der Waals surface area contributed by atoms with Gasteiger partial charge in [-0.25, -0.2) is 0 Å². The molecule has 0 aromatic heterocycles. The van der Waals surface area contributed by atoms with Crippen molar-refractivity contribution in [1.29, 1.82) is 0 Å². The molecule has 0 saturated carbocycles. The smallest absolute Gasteiger partial charge is 0.254 e. The summed E-state index contributed by atoms with van der Waals surface area (Å²) in [6, 6.07) is 5.50. The van der Waals surface area contributed by atoms with Crippen molar-refractivity contribution in [2.75, 3.05) is 19.6 Å². The monoisotopic (exact) mass is 266 g/mol. The Morgan fingerprint density at radius 3 is 2.78 bits per heavy atom. The highest BCUT2D eigenvalue weighted by Gasteiger charge is 2.29. The van der Waals surface area contributed by atoms with E-state index in [1.165, 1.54) is 0 Å². The van der Waals surface area contributed by atoms with Crippen molar-refractivity contribution in [2.45, 2.75) is 26.3 Å². The second kappa shape index (κ2) is 4.90. The van der Waals surface area contributed by atoms with Gasteiger partial charge in [0.1, 0.15) is 0 Å². The van der Waals surface area contributed by atoms with Crippen molar-refractivity contribution in [3.63, 3.8) is 0 Å². The van der Waals surface area contributed by atoms with Gasteiger partial charge in [0.15, 0.2) is 0 Å². The van der Waals surface area contributed by atoms with E-state index in [0.29, 0.717) is 10.6 Å². The van der Waals surface area contributed by atoms with Gasteiger partial charge in [-0.15, -0.1) is 0 Å². The van der Waals surface area contributed by atoms with Crippen molar-refractivity contribution in [2.24, 2.45) is 0 Å². The van der Waals surface area contributed by atoms with Crippen molar-refractivity contribution in [3.05, 3.63) is 34.3 Å². The van der Waals surface area contributed by atoms with Crippen LogP contribution in [0.25, 0.3) is 0 Å². The molecule has 1 aromatic carbocycles. The first-order valence-electron chi connectivity index (χ1n) is 6.19. The average Bonchev–Trinajstić information content (AvgIpc) is 2.30. The van der Waals surface area contributed by atoms with Gasteiger partial charge in [-0.3, -0.25) is 4.79 Å². The Bertz CT molecular complexity index is 471. The third-order valence-electron chi connectivity index (χ3n) is 3.28. The first-order chi connectivity index (χ1) is 8.39. The number of carbonyl (C=O) groups excluding carboxylic acids is 1. The number of benzene rings is 1. The fourth-order valence-electron chi connectivity index (χ4n) is 2.22. The van der Waals surface area contributed by atoms with Crippen LogP contribution in [0.3, 0.4) is 0 Å². The van der Waals surface area contributed by atoms with Gasteiger partial charge in [0.25, 0.3) is 5.91 Å². The van der Waals surface area contributed by atoms with E-state index >= 15 is 0 Å². The molecule has 0 unspecified atom stereocenters. The van der Waals surface area contributed by atoms with Gasteiger partial charge in [0.05, 0.1) is 0 Å². The van der Waals surface area contributed by atoms with Gasteiger partial charge < -0.3 is 10.2 Å². The first kappa shape index (κ1) is 13.4. The summed E-state index contributed by atoms with van der Waals surface area (Å²) in [5.74, 6) is 0.0616. The summed E-state index contributed by atoms with van der Waals surface area (Å²) in [4.78, 5) is 14.3. The molecule has 0 aliphatic carbocycles. The van der Waals surface area contributed by atoms with Crippen molar-refractivity contribution < 1.29 is 4.79 Å². The maximum atomic E-state index is 12.4. The molecule has 98 valence electrons. The van der Waals surface area contributed by atoms with Gasteiger partial charge in [-0.05, 0) is 38.5 Å². The van der Waals surface area contributed by atoms with Crippen LogP contribution in [0.1, 0.15) is 29.8 Å². The summed E-state index contributed by atoms with van der Waals surface area (Å²) < 4.78 is 0. The predicted octanol–water partition coefficient (Wildman–Crippen LogP) is 2.47. The molecule has 1 aliphatic rings. The molecular weight excluding hydrogens is 248 g/mol. The normalized spacial score (nSPS) is 18.8. The molecule has 1 N–H and O–H groups in total. The van der Waals surface area contributed by atoms with E-state index in [2.05, 4.69) is 19.2 Å². The number of carbonyl (C=O) groups is 1. The summed E-state index contributed by atoms with van der Waals surface area (Å²) in [6.07, 6.45) is 0. The Morgan fingerprint density at radius 1 is 1.44 bits per heavy atom. The molecule has 1 saturated heterocycles. The Balaban J connectivity index is 2.18. The lowest BCUT2D eigenvalue weighted by atomic mass is 10.0. The van der Waals surface area contributed by atoms with Crippen LogP contribution >= 0.6 is 11.6 Å². The molecule has 1 heterocycles. The van der Waals surface area contributed by atoms with Crippen LogP contribution in [0.15, 0.2) is 18.2 Å². The molecule has 0 bridgehead atoms. The van der Waals surface area contributed by atoms with Gasteiger partial charge in [0, 0.05) is 35.8 Å². The van der Waals surface area contributed by atoms with Gasteiger partial charge in [0.2, 0.25) is 0 Å². The van der Waals surface area contributed by atoms with Gasteiger partial charge in [-0.2, -0.15) is 0 Å². The van der Waals surface area contributed by atoms with Crippen LogP contribution < -0.4 is 5.32 Å². The molecule has 18 heavy (non-hydrogen) atoms. The number of hydrogen-bond donors (Lipinski definition) is 1. The predicted molar refractivity (Wildman–Crippen MR) is 74.2 cm³/mol. The highest BCUT2D eigenvalue weighted by atomic mass is 35.5. The number of amides is 1. The second-order valence-corrected chi connectivity index (χ2v) is 5.91. The minimum atomic E-state index is -0.0254. The summed E-state index contributed by atoms with van der Waals surface area (Å²) >= 11 is 6.07. The number of nitrogens with one attached hydrogen (secondary N) is 1. The quantitative estimate of drug-likeness (QED) is 0.847. The number of halogens is 1. The molecule has 0 atom stereocenters. The van der Waals surface area contributed by atoms with E-state index in [0.717, 1.165) is 25.2 Å². The van der Waals surface area contributed by atoms with E-state index < -0.39 is 0 Å². The molecule has 1 aliphatic heterocycles. The van der Waals surface area contributed by atoms with Crippen molar-refractivity contribution >= 4 is 17.5 Å². The van der Waals surface area contributed by atoms with E-state index in [-0.39, 0.29) is 11.4 Å². The van der Waals surface area contributed by atoms with E-state index in [1.807, 2.05) is 24.0 Å². The fourth-order valence-corrected chi connectivity index (χ4v) is 2.40. The second-order valence-electron chi connectivity index (χ2n) is 5.50. The number of hydrogen-bond acceptors (Lipinski definition) is 2. The van der Waals surface area contributed by atoms with Crippen LogP contribution in [0.4, 0.5) is 0 Å². The third kappa shape index (κ3) is 2.85. The Kier molecular flexibility index (Phi) is 3.64. The van der Waals surface area contributed by atoms with Crippen molar-refractivity contribution in [1.82, 2.24) is 10.2 Å². The minimum Gasteiger partial charge on any atom is -0.336 e. The summed E-state index contributed by atoms with van der Waals surface area (Å²) in [5, 5.41) is 4.04. The maximum absolute atomic E-state index is 12.4. The van der Waals surface area contributed by atoms with E-state index in [4.69, 9.17) is 11.6 Å². The number of piperazine rings is 1. The number of nitrogens with zero attached hydrogens (tertiary/aromatic N) is 1. The highest BCUT2D eigenvalue weighted by Crippen LogP contribution is 2.19. The lowest BCUT2D eigenvalue weighted by Gasteiger charge is -2.39. The number of aryl methyl sites for hydroxylation is 1. The van der Waals surface area contributed by atoms with Crippen molar-refractivity contribution in [3.8, 4) is 0 Å². The average molecular weight is 267 g/mol. The number of rotatable bonds is 1. The van der Waals surface area contributed by atoms with Gasteiger partial charge >= 0.3 is 0 Å². The molecule has 2 rings (SSSR count). The first-order valence-corrected chi connectivity index (χ1v) is 6.57. The SMILES string of the molecule is Cc1ccc(C(=O)N2CCNC(C)(C)C2)cc1Cl. The Labute approximate surface area is 113 Å². The van der Waals surface area contributed by atoms with Crippen LogP contribution in [0.5, 0.6) is 0 Å². The molecule has 4 heteroatoms. The molecule has 1 aromatic rings. The minimum absolute atomic E-state index is 0.0254. The Hall–Kier alpha value is -1.06. The highest BCUT2D eigenvalue weighted by molar-refractivity contribution is 6.31. The van der Waals surface area contributed by atoms with Crippen LogP contribution in [-0.2, 0) is 0 Å². The molecule has 1 amide bonds. The lowest BCUT2D eigenvalue weighted by Crippen LogP contribution is -2.58. The van der Waals surface area contributed by atoms with E-state index in [1.54, 1.807) is 6.07 Å².